The number of benzene rings is 2. The summed E-state index contributed by atoms with van der Waals surface area (Å²) in [6, 6.07) is 14.1. The van der Waals surface area contributed by atoms with Crippen LogP contribution in [-0.4, -0.2) is 19.2 Å². The Morgan fingerprint density at radius 2 is 2.04 bits per heavy atom. The fourth-order valence-corrected chi connectivity index (χ4v) is 3.05. The Kier molecular flexibility index (Phi) is 3.82. The quantitative estimate of drug-likeness (QED) is 0.557. The zero-order chi connectivity index (χ0) is 18.3. The second-order valence-corrected chi connectivity index (χ2v) is 6.09. The fourth-order valence-electron chi connectivity index (χ4n) is 2.82. The first-order valence-electron chi connectivity index (χ1n) is 7.74. The Morgan fingerprint density at radius 1 is 1.23 bits per heavy atom. The van der Waals surface area contributed by atoms with E-state index in [2.05, 4.69) is 10.2 Å². The van der Waals surface area contributed by atoms with Crippen LogP contribution in [0.5, 0.6) is 5.75 Å². The topological polar surface area (TPSA) is 85.2 Å². The molecule has 0 radical (unpaired) electrons. The van der Waals surface area contributed by atoms with Crippen molar-refractivity contribution in [2.24, 2.45) is 7.05 Å². The Morgan fingerprint density at radius 3 is 2.81 bits per heavy atom. The van der Waals surface area contributed by atoms with E-state index in [4.69, 9.17) is 21.6 Å². The number of nitriles is 1. The third-order valence-corrected chi connectivity index (χ3v) is 4.41. The van der Waals surface area contributed by atoms with E-state index in [-0.39, 0.29) is 12.2 Å². The maximum absolute atomic E-state index is 12.4. The minimum Gasteiger partial charge on any atom is -0.484 e. The molecular formula is C18H12ClN5O2. The van der Waals surface area contributed by atoms with Gasteiger partial charge in [-0.15, -0.1) is 10.2 Å². The largest absolute Gasteiger partial charge is 0.484 e. The molecule has 0 N–H and O–H groups in total. The Balaban J connectivity index is 1.79. The van der Waals surface area contributed by atoms with E-state index < -0.39 is 0 Å². The van der Waals surface area contributed by atoms with Crippen molar-refractivity contribution >= 4 is 28.3 Å². The number of hydrogen-bond acceptors (Lipinski definition) is 5. The van der Waals surface area contributed by atoms with E-state index in [1.807, 2.05) is 24.3 Å². The van der Waals surface area contributed by atoms with E-state index in [0.717, 1.165) is 0 Å². The molecule has 4 aromatic rings. The molecule has 7 nitrogen and oxygen atoms in total. The van der Waals surface area contributed by atoms with E-state index in [9.17, 15) is 4.79 Å². The van der Waals surface area contributed by atoms with Crippen molar-refractivity contribution in [3.05, 3.63) is 69.2 Å². The summed E-state index contributed by atoms with van der Waals surface area (Å²) in [4.78, 5) is 12.4. The maximum Gasteiger partial charge on any atom is 0.262 e. The molecule has 0 aliphatic rings. The van der Waals surface area contributed by atoms with Gasteiger partial charge in [-0.05, 0) is 30.3 Å². The number of aromatic nitrogens is 4. The maximum atomic E-state index is 12.4. The molecule has 2 aromatic heterocycles. The number of para-hydroxylation sites is 1. The van der Waals surface area contributed by atoms with Crippen molar-refractivity contribution in [2.45, 2.75) is 6.61 Å². The van der Waals surface area contributed by atoms with Crippen LogP contribution in [0, 0.1) is 11.3 Å². The second kappa shape index (κ2) is 6.17. The molecule has 0 aliphatic carbocycles. The van der Waals surface area contributed by atoms with E-state index >= 15 is 0 Å². The van der Waals surface area contributed by atoms with E-state index in [1.165, 1.54) is 10.6 Å². The molecular weight excluding hydrogens is 354 g/mol. The SMILES string of the molecule is Cn1c(=O)c2ccccc2n2c(COc3ccc(C#N)cc3Cl)nnc12. The van der Waals surface area contributed by atoms with Crippen LogP contribution in [0.2, 0.25) is 5.02 Å². The van der Waals surface area contributed by atoms with Crippen LogP contribution < -0.4 is 10.3 Å². The van der Waals surface area contributed by atoms with Gasteiger partial charge in [0.25, 0.3) is 5.56 Å². The summed E-state index contributed by atoms with van der Waals surface area (Å²) in [6.45, 7) is 0.106. The van der Waals surface area contributed by atoms with Gasteiger partial charge in [0.05, 0.1) is 27.6 Å². The molecule has 128 valence electrons. The predicted octanol–water partition coefficient (Wildman–Crippen LogP) is 2.69. The molecule has 0 saturated carbocycles. The number of fused-ring (bicyclic) bond motifs is 3. The average Bonchev–Trinajstić information content (AvgIpc) is 3.09. The van der Waals surface area contributed by atoms with Gasteiger partial charge in [0, 0.05) is 7.05 Å². The Bertz CT molecular complexity index is 1250. The molecule has 26 heavy (non-hydrogen) atoms. The summed E-state index contributed by atoms with van der Waals surface area (Å²) >= 11 is 6.14. The number of hydrogen-bond donors (Lipinski definition) is 0. The molecule has 2 aromatic carbocycles. The van der Waals surface area contributed by atoms with Crippen molar-refractivity contribution in [2.75, 3.05) is 0 Å². The molecule has 2 heterocycles. The number of halogens is 1. The highest BCUT2D eigenvalue weighted by Crippen LogP contribution is 2.26. The summed E-state index contributed by atoms with van der Waals surface area (Å²) in [5.41, 5.74) is 1.03. The van der Waals surface area contributed by atoms with Crippen molar-refractivity contribution in [3.8, 4) is 11.8 Å². The minimum absolute atomic E-state index is 0.106. The van der Waals surface area contributed by atoms with Crippen LogP contribution in [0.15, 0.2) is 47.3 Å². The number of rotatable bonds is 3. The molecule has 0 unspecified atom stereocenters. The standard InChI is InChI=1S/C18H12ClN5O2/c1-23-17(25)12-4-2-3-5-14(12)24-16(21-22-18(23)24)10-26-15-7-6-11(9-20)8-13(15)19/h2-8H,10H2,1H3. The first kappa shape index (κ1) is 16.1. The van der Waals surface area contributed by atoms with Crippen molar-refractivity contribution in [3.63, 3.8) is 0 Å². The zero-order valence-corrected chi connectivity index (χ0v) is 14.4. The first-order valence-corrected chi connectivity index (χ1v) is 8.12. The third-order valence-electron chi connectivity index (χ3n) is 4.11. The van der Waals surface area contributed by atoms with Crippen LogP contribution in [0.1, 0.15) is 11.4 Å². The van der Waals surface area contributed by atoms with Gasteiger partial charge in [-0.25, -0.2) is 0 Å². The zero-order valence-electron chi connectivity index (χ0n) is 13.7. The minimum atomic E-state index is -0.136. The van der Waals surface area contributed by atoms with Gasteiger partial charge in [-0.2, -0.15) is 5.26 Å². The molecule has 0 saturated heterocycles. The van der Waals surface area contributed by atoms with Gasteiger partial charge in [0.15, 0.2) is 5.82 Å². The number of nitrogens with zero attached hydrogens (tertiary/aromatic N) is 5. The third kappa shape index (κ3) is 2.48. The van der Waals surface area contributed by atoms with Crippen LogP contribution >= 0.6 is 11.6 Å². The van der Waals surface area contributed by atoms with E-state index in [0.29, 0.717) is 38.8 Å². The van der Waals surface area contributed by atoms with Crippen LogP contribution in [-0.2, 0) is 13.7 Å². The van der Waals surface area contributed by atoms with Crippen molar-refractivity contribution in [1.82, 2.24) is 19.2 Å². The van der Waals surface area contributed by atoms with Crippen molar-refractivity contribution < 1.29 is 4.74 Å². The average molecular weight is 366 g/mol. The highest BCUT2D eigenvalue weighted by atomic mass is 35.5. The van der Waals surface area contributed by atoms with Gasteiger partial charge in [-0.3, -0.25) is 13.8 Å². The Labute approximate surface area is 152 Å². The summed E-state index contributed by atoms with van der Waals surface area (Å²) in [6.07, 6.45) is 0. The van der Waals surface area contributed by atoms with Crippen molar-refractivity contribution in [1.29, 1.82) is 5.26 Å². The molecule has 8 heteroatoms. The molecule has 0 bridgehead atoms. The van der Waals surface area contributed by atoms with Crippen LogP contribution in [0.25, 0.3) is 16.7 Å². The van der Waals surface area contributed by atoms with Gasteiger partial charge in [0.1, 0.15) is 12.4 Å². The molecule has 0 aliphatic heterocycles. The molecule has 0 atom stereocenters. The highest BCUT2D eigenvalue weighted by Gasteiger charge is 2.15. The molecule has 0 fully saturated rings. The number of ether oxygens (including phenoxy) is 1. The fraction of sp³-hybridized carbons (Fsp3) is 0.111. The molecule has 0 spiro atoms. The lowest BCUT2D eigenvalue weighted by Crippen LogP contribution is -2.20. The van der Waals surface area contributed by atoms with Crippen LogP contribution in [0.3, 0.4) is 0 Å². The summed E-state index contributed by atoms with van der Waals surface area (Å²) in [5, 5.41) is 18.1. The lowest BCUT2D eigenvalue weighted by molar-refractivity contribution is 0.295. The normalized spacial score (nSPS) is 11.0. The Hall–Kier alpha value is -3.37. The lowest BCUT2D eigenvalue weighted by Gasteiger charge is -2.09. The molecule has 4 rings (SSSR count). The smallest absolute Gasteiger partial charge is 0.262 e. The molecule has 0 amide bonds. The monoisotopic (exact) mass is 365 g/mol. The summed E-state index contributed by atoms with van der Waals surface area (Å²) < 4.78 is 8.99. The number of aryl methyl sites for hydroxylation is 1. The summed E-state index contributed by atoms with van der Waals surface area (Å²) in [5.74, 6) is 1.40. The van der Waals surface area contributed by atoms with Gasteiger partial charge in [-0.1, -0.05) is 23.7 Å². The summed E-state index contributed by atoms with van der Waals surface area (Å²) in [7, 11) is 1.65. The van der Waals surface area contributed by atoms with Gasteiger partial charge >= 0.3 is 0 Å². The predicted molar refractivity (Wildman–Crippen MR) is 96.2 cm³/mol. The first-order chi connectivity index (χ1) is 12.6. The highest BCUT2D eigenvalue weighted by molar-refractivity contribution is 6.32. The lowest BCUT2D eigenvalue weighted by atomic mass is 10.2. The van der Waals surface area contributed by atoms with Gasteiger partial charge < -0.3 is 4.74 Å². The van der Waals surface area contributed by atoms with Gasteiger partial charge in [0.2, 0.25) is 5.78 Å². The van der Waals surface area contributed by atoms with Crippen LogP contribution in [0.4, 0.5) is 0 Å². The van der Waals surface area contributed by atoms with E-state index in [1.54, 1.807) is 29.6 Å². The second-order valence-electron chi connectivity index (χ2n) is 5.68.